The summed E-state index contributed by atoms with van der Waals surface area (Å²) in [7, 11) is 0. The summed E-state index contributed by atoms with van der Waals surface area (Å²) < 4.78 is 0. The number of likely N-dealkylation sites (tertiary alicyclic amines) is 1. The van der Waals surface area contributed by atoms with Gasteiger partial charge in [-0.25, -0.2) is 0 Å². The lowest BCUT2D eigenvalue weighted by molar-refractivity contribution is -0.133. The van der Waals surface area contributed by atoms with Crippen LogP contribution in [0.25, 0.3) is 0 Å². The van der Waals surface area contributed by atoms with E-state index in [0.29, 0.717) is 17.7 Å². The zero-order chi connectivity index (χ0) is 10.8. The van der Waals surface area contributed by atoms with E-state index in [4.69, 9.17) is 0 Å². The number of halogens is 1. The predicted molar refractivity (Wildman–Crippen MR) is 67.8 cm³/mol. The van der Waals surface area contributed by atoms with Crippen LogP contribution < -0.4 is 5.32 Å². The molecular formula is C12H23ClN2O. The number of hydrogen-bond acceptors (Lipinski definition) is 2. The zero-order valence-corrected chi connectivity index (χ0v) is 11.1. The highest BCUT2D eigenvalue weighted by Crippen LogP contribution is 2.23. The third kappa shape index (κ3) is 2.89. The largest absolute Gasteiger partial charge is 0.341 e. The minimum Gasteiger partial charge on any atom is -0.341 e. The smallest absolute Gasteiger partial charge is 0.239 e. The minimum absolute atomic E-state index is 0. The Morgan fingerprint density at radius 2 is 1.81 bits per heavy atom. The number of carbonyl (C=O) groups excluding carboxylic acids is 1. The van der Waals surface area contributed by atoms with Crippen molar-refractivity contribution in [2.75, 3.05) is 19.6 Å². The Morgan fingerprint density at radius 1 is 1.19 bits per heavy atom. The molecule has 1 amide bonds. The molecule has 4 heteroatoms. The van der Waals surface area contributed by atoms with Gasteiger partial charge in [-0.2, -0.15) is 0 Å². The van der Waals surface area contributed by atoms with Crippen molar-refractivity contribution in [3.8, 4) is 0 Å². The molecule has 16 heavy (non-hydrogen) atoms. The maximum Gasteiger partial charge on any atom is 0.239 e. The number of carbonyl (C=O) groups is 1. The van der Waals surface area contributed by atoms with Crippen LogP contribution in [0.15, 0.2) is 0 Å². The molecule has 0 aromatic carbocycles. The molecule has 2 aliphatic rings. The van der Waals surface area contributed by atoms with Gasteiger partial charge in [0.25, 0.3) is 0 Å². The van der Waals surface area contributed by atoms with Crippen LogP contribution in [0, 0.1) is 11.8 Å². The summed E-state index contributed by atoms with van der Waals surface area (Å²) in [6, 6.07) is 0.108. The SMILES string of the molecule is CC1CN(C(=O)[C@@H]2CCCCN2)CC1C.Cl. The summed E-state index contributed by atoms with van der Waals surface area (Å²) in [4.78, 5) is 14.2. The molecule has 0 aromatic heterocycles. The van der Waals surface area contributed by atoms with E-state index in [1.807, 2.05) is 0 Å². The molecule has 0 bridgehead atoms. The summed E-state index contributed by atoms with van der Waals surface area (Å²) in [5.74, 6) is 1.67. The van der Waals surface area contributed by atoms with E-state index < -0.39 is 0 Å². The molecule has 2 heterocycles. The molecule has 0 spiro atoms. The Hall–Kier alpha value is -0.280. The molecule has 2 aliphatic heterocycles. The molecule has 2 saturated heterocycles. The Kier molecular flexibility index (Phi) is 5.06. The van der Waals surface area contributed by atoms with Crippen molar-refractivity contribution in [1.29, 1.82) is 0 Å². The topological polar surface area (TPSA) is 32.3 Å². The minimum atomic E-state index is 0. The van der Waals surface area contributed by atoms with Crippen molar-refractivity contribution in [1.82, 2.24) is 10.2 Å². The highest BCUT2D eigenvalue weighted by atomic mass is 35.5. The van der Waals surface area contributed by atoms with Gasteiger partial charge in [0, 0.05) is 13.1 Å². The number of rotatable bonds is 1. The summed E-state index contributed by atoms with van der Waals surface area (Å²) in [6.07, 6.45) is 3.44. The molecule has 0 saturated carbocycles. The van der Waals surface area contributed by atoms with Crippen LogP contribution >= 0.6 is 12.4 Å². The molecule has 0 aliphatic carbocycles. The molecular weight excluding hydrogens is 224 g/mol. The first kappa shape index (κ1) is 13.8. The van der Waals surface area contributed by atoms with Gasteiger partial charge in [0.1, 0.15) is 0 Å². The number of piperidine rings is 1. The van der Waals surface area contributed by atoms with E-state index in [1.165, 1.54) is 12.8 Å². The fourth-order valence-corrected chi connectivity index (χ4v) is 2.59. The van der Waals surface area contributed by atoms with Crippen LogP contribution in [-0.2, 0) is 4.79 Å². The van der Waals surface area contributed by atoms with E-state index in [9.17, 15) is 4.79 Å². The van der Waals surface area contributed by atoms with Gasteiger partial charge in [-0.15, -0.1) is 12.4 Å². The molecule has 2 rings (SSSR count). The van der Waals surface area contributed by atoms with Crippen molar-refractivity contribution in [3.63, 3.8) is 0 Å². The van der Waals surface area contributed by atoms with Crippen molar-refractivity contribution in [2.45, 2.75) is 39.2 Å². The Morgan fingerprint density at radius 3 is 2.31 bits per heavy atom. The van der Waals surface area contributed by atoms with Crippen molar-refractivity contribution in [2.24, 2.45) is 11.8 Å². The number of nitrogens with zero attached hydrogens (tertiary/aromatic N) is 1. The molecule has 2 unspecified atom stereocenters. The third-order valence-electron chi connectivity index (χ3n) is 3.91. The Bertz CT molecular complexity index is 231. The fourth-order valence-electron chi connectivity index (χ4n) is 2.59. The lowest BCUT2D eigenvalue weighted by Crippen LogP contribution is -2.47. The summed E-state index contributed by atoms with van der Waals surface area (Å²) in [5.41, 5.74) is 0. The monoisotopic (exact) mass is 246 g/mol. The first-order chi connectivity index (χ1) is 7.18. The van der Waals surface area contributed by atoms with Crippen LogP contribution in [0.3, 0.4) is 0 Å². The second-order valence-corrected chi connectivity index (χ2v) is 5.20. The second kappa shape index (κ2) is 5.87. The number of hydrogen-bond donors (Lipinski definition) is 1. The first-order valence-corrected chi connectivity index (χ1v) is 6.20. The molecule has 94 valence electrons. The van der Waals surface area contributed by atoms with Gasteiger partial charge < -0.3 is 10.2 Å². The lowest BCUT2D eigenvalue weighted by Gasteiger charge is -2.27. The van der Waals surface area contributed by atoms with Crippen molar-refractivity contribution in [3.05, 3.63) is 0 Å². The fraction of sp³-hybridized carbons (Fsp3) is 0.917. The van der Waals surface area contributed by atoms with E-state index in [-0.39, 0.29) is 18.4 Å². The van der Waals surface area contributed by atoms with Crippen molar-refractivity contribution < 1.29 is 4.79 Å². The quantitative estimate of drug-likeness (QED) is 0.763. The summed E-state index contributed by atoms with van der Waals surface area (Å²) in [6.45, 7) is 7.41. The lowest BCUT2D eigenvalue weighted by atomic mass is 10.0. The first-order valence-electron chi connectivity index (χ1n) is 6.20. The molecule has 3 nitrogen and oxygen atoms in total. The highest BCUT2D eigenvalue weighted by molar-refractivity contribution is 5.85. The van der Waals surface area contributed by atoms with Crippen molar-refractivity contribution >= 4 is 18.3 Å². The van der Waals surface area contributed by atoms with E-state index >= 15 is 0 Å². The van der Waals surface area contributed by atoms with Gasteiger partial charge >= 0.3 is 0 Å². The third-order valence-corrected chi connectivity index (χ3v) is 3.91. The van der Waals surface area contributed by atoms with Gasteiger partial charge in [-0.05, 0) is 31.2 Å². The molecule has 0 radical (unpaired) electrons. The van der Waals surface area contributed by atoms with E-state index in [2.05, 4.69) is 24.1 Å². The van der Waals surface area contributed by atoms with Crippen LogP contribution in [0.1, 0.15) is 33.1 Å². The highest BCUT2D eigenvalue weighted by Gasteiger charge is 2.33. The summed E-state index contributed by atoms with van der Waals surface area (Å²) >= 11 is 0. The molecule has 2 fully saturated rings. The van der Waals surface area contributed by atoms with Gasteiger partial charge in [-0.1, -0.05) is 20.3 Å². The van der Waals surface area contributed by atoms with Gasteiger partial charge in [0.15, 0.2) is 0 Å². The normalized spacial score (nSPS) is 34.6. The van der Waals surface area contributed by atoms with Gasteiger partial charge in [0.2, 0.25) is 5.91 Å². The second-order valence-electron chi connectivity index (χ2n) is 5.20. The maximum atomic E-state index is 12.2. The molecule has 0 aromatic rings. The standard InChI is InChI=1S/C12H22N2O.ClH/c1-9-7-14(8-10(9)2)12(15)11-5-3-4-6-13-11;/h9-11,13H,3-8H2,1-2H3;1H/t9?,10?,11-;/m0./s1. The number of nitrogens with one attached hydrogen (secondary N) is 1. The predicted octanol–water partition coefficient (Wildman–Crippen LogP) is 1.66. The zero-order valence-electron chi connectivity index (χ0n) is 10.2. The summed E-state index contributed by atoms with van der Waals surface area (Å²) in [5, 5.41) is 3.33. The number of amides is 1. The van der Waals surface area contributed by atoms with E-state index in [1.54, 1.807) is 0 Å². The van der Waals surface area contributed by atoms with Crippen LogP contribution in [-0.4, -0.2) is 36.5 Å². The average Bonchev–Trinajstić information content (AvgIpc) is 2.59. The van der Waals surface area contributed by atoms with E-state index in [0.717, 1.165) is 26.1 Å². The van der Waals surface area contributed by atoms with Gasteiger partial charge in [-0.3, -0.25) is 4.79 Å². The van der Waals surface area contributed by atoms with Crippen LogP contribution in [0.5, 0.6) is 0 Å². The maximum absolute atomic E-state index is 12.2. The average molecular weight is 247 g/mol. The molecule has 3 atom stereocenters. The van der Waals surface area contributed by atoms with Gasteiger partial charge in [0.05, 0.1) is 6.04 Å². The Balaban J connectivity index is 0.00000128. The van der Waals surface area contributed by atoms with Crippen LogP contribution in [0.4, 0.5) is 0 Å². The molecule has 1 N–H and O–H groups in total. The Labute approximate surface area is 104 Å². The van der Waals surface area contributed by atoms with Crippen LogP contribution in [0.2, 0.25) is 0 Å².